The van der Waals surface area contributed by atoms with E-state index in [4.69, 9.17) is 22.6 Å². The highest BCUT2D eigenvalue weighted by atomic mass is 35.5. The van der Waals surface area contributed by atoms with Gasteiger partial charge in [-0.2, -0.15) is 5.26 Å². The summed E-state index contributed by atoms with van der Waals surface area (Å²) in [7, 11) is 0. The first-order chi connectivity index (χ1) is 7.13. The minimum absolute atomic E-state index is 0.268. The summed E-state index contributed by atoms with van der Waals surface area (Å²) in [5, 5.41) is 10.4. The van der Waals surface area contributed by atoms with Gasteiger partial charge in [0.1, 0.15) is 11.9 Å². The fourth-order valence-electron chi connectivity index (χ4n) is 1.56. The normalized spacial score (nSPS) is 10.2. The van der Waals surface area contributed by atoms with Crippen molar-refractivity contribution in [2.75, 3.05) is 5.73 Å². The van der Waals surface area contributed by atoms with Crippen LogP contribution in [0.5, 0.6) is 0 Å². The van der Waals surface area contributed by atoms with E-state index in [1.807, 2.05) is 13.0 Å². The molecule has 4 heteroatoms. The number of aryl methyl sites for hydroxylation is 1. The zero-order valence-corrected chi connectivity index (χ0v) is 8.84. The Morgan fingerprint density at radius 2 is 2.20 bits per heavy atom. The minimum Gasteiger partial charge on any atom is -0.383 e. The van der Waals surface area contributed by atoms with E-state index in [-0.39, 0.29) is 5.82 Å². The van der Waals surface area contributed by atoms with Crippen LogP contribution < -0.4 is 5.73 Å². The van der Waals surface area contributed by atoms with E-state index < -0.39 is 0 Å². The number of hydrogen-bond donors (Lipinski definition) is 1. The van der Waals surface area contributed by atoms with Crippen molar-refractivity contribution in [2.45, 2.75) is 6.92 Å². The first kappa shape index (κ1) is 9.75. The molecule has 1 heterocycles. The molecule has 0 radical (unpaired) electrons. The van der Waals surface area contributed by atoms with E-state index in [1.54, 1.807) is 18.2 Å². The summed E-state index contributed by atoms with van der Waals surface area (Å²) in [6.07, 6.45) is 0. The zero-order chi connectivity index (χ0) is 11.0. The molecule has 0 amide bonds. The lowest BCUT2D eigenvalue weighted by atomic mass is 10.1. The van der Waals surface area contributed by atoms with Crippen LogP contribution in [0.1, 0.15) is 11.1 Å². The van der Waals surface area contributed by atoms with E-state index in [9.17, 15) is 0 Å². The average molecular weight is 218 g/mol. The molecule has 1 aromatic heterocycles. The number of aromatic nitrogens is 1. The number of nitrogens with two attached hydrogens (primary N) is 1. The second-order valence-electron chi connectivity index (χ2n) is 3.27. The van der Waals surface area contributed by atoms with Crippen molar-refractivity contribution >= 4 is 28.3 Å². The molecule has 2 rings (SSSR count). The number of nitrogen functional groups attached to an aromatic ring is 1. The van der Waals surface area contributed by atoms with Gasteiger partial charge in [0.05, 0.1) is 11.1 Å². The third-order valence-electron chi connectivity index (χ3n) is 2.35. The molecule has 0 unspecified atom stereocenters. The third-order valence-corrected chi connectivity index (χ3v) is 2.58. The highest BCUT2D eigenvalue weighted by molar-refractivity contribution is 6.31. The second kappa shape index (κ2) is 3.41. The summed E-state index contributed by atoms with van der Waals surface area (Å²) in [6, 6.07) is 7.38. The zero-order valence-electron chi connectivity index (χ0n) is 8.08. The Balaban J connectivity index is 2.94. The minimum atomic E-state index is 0.268. The Labute approximate surface area is 92.1 Å². The standard InChI is InChI=1S/C11H8ClN3/c1-6-8-4-7(12)2-3-10(8)15-11(14)9(6)5-13/h2-4H,1H3,(H2,14,15). The smallest absolute Gasteiger partial charge is 0.142 e. The van der Waals surface area contributed by atoms with E-state index in [1.165, 1.54) is 0 Å². The summed E-state index contributed by atoms with van der Waals surface area (Å²) in [5.74, 6) is 0.268. The lowest BCUT2D eigenvalue weighted by Crippen LogP contribution is -1.98. The second-order valence-corrected chi connectivity index (χ2v) is 3.71. The molecule has 15 heavy (non-hydrogen) atoms. The molecule has 0 atom stereocenters. The number of nitrogens with zero attached hydrogens (tertiary/aromatic N) is 2. The molecular formula is C11H8ClN3. The molecule has 0 saturated heterocycles. The van der Waals surface area contributed by atoms with E-state index in [0.29, 0.717) is 10.6 Å². The van der Waals surface area contributed by atoms with Gasteiger partial charge in [0.25, 0.3) is 0 Å². The van der Waals surface area contributed by atoms with Crippen LogP contribution in [0.4, 0.5) is 5.82 Å². The number of hydrogen-bond acceptors (Lipinski definition) is 3. The van der Waals surface area contributed by atoms with Gasteiger partial charge in [-0.1, -0.05) is 11.6 Å². The van der Waals surface area contributed by atoms with Crippen LogP contribution in [-0.2, 0) is 0 Å². The lowest BCUT2D eigenvalue weighted by molar-refractivity contribution is 1.33. The monoisotopic (exact) mass is 217 g/mol. The van der Waals surface area contributed by atoms with Gasteiger partial charge in [-0.3, -0.25) is 0 Å². The first-order valence-electron chi connectivity index (χ1n) is 4.39. The van der Waals surface area contributed by atoms with E-state index >= 15 is 0 Å². The highest BCUT2D eigenvalue weighted by Gasteiger charge is 2.09. The first-order valence-corrected chi connectivity index (χ1v) is 4.76. The maximum Gasteiger partial charge on any atom is 0.142 e. The number of rotatable bonds is 0. The van der Waals surface area contributed by atoms with Crippen molar-refractivity contribution in [3.63, 3.8) is 0 Å². The molecule has 2 N–H and O–H groups in total. The lowest BCUT2D eigenvalue weighted by Gasteiger charge is -2.06. The number of anilines is 1. The molecule has 3 nitrogen and oxygen atoms in total. The SMILES string of the molecule is Cc1c(C#N)c(N)nc2ccc(Cl)cc12. The molecular weight excluding hydrogens is 210 g/mol. The fourth-order valence-corrected chi connectivity index (χ4v) is 1.73. The van der Waals surface area contributed by atoms with Crippen LogP contribution in [0.3, 0.4) is 0 Å². The van der Waals surface area contributed by atoms with Crippen LogP contribution in [-0.4, -0.2) is 4.98 Å². The molecule has 0 bridgehead atoms. The van der Waals surface area contributed by atoms with Crippen LogP contribution in [0.15, 0.2) is 18.2 Å². The summed E-state index contributed by atoms with van der Waals surface area (Å²) in [4.78, 5) is 4.15. The number of fused-ring (bicyclic) bond motifs is 1. The van der Waals surface area contributed by atoms with Gasteiger partial charge in [0.2, 0.25) is 0 Å². The van der Waals surface area contributed by atoms with Gasteiger partial charge >= 0.3 is 0 Å². The molecule has 1 aromatic carbocycles. The number of halogens is 1. The quantitative estimate of drug-likeness (QED) is 0.738. The molecule has 0 spiro atoms. The van der Waals surface area contributed by atoms with Crippen LogP contribution in [0, 0.1) is 18.3 Å². The van der Waals surface area contributed by atoms with E-state index in [2.05, 4.69) is 4.98 Å². The van der Waals surface area contributed by atoms with Gasteiger partial charge in [0.15, 0.2) is 0 Å². The number of benzene rings is 1. The summed E-state index contributed by atoms with van der Waals surface area (Å²) < 4.78 is 0. The molecule has 2 aromatic rings. The molecule has 0 aliphatic carbocycles. The Morgan fingerprint density at radius 3 is 2.87 bits per heavy atom. The van der Waals surface area contributed by atoms with Crippen molar-refractivity contribution in [3.8, 4) is 6.07 Å². The summed E-state index contributed by atoms with van der Waals surface area (Å²) >= 11 is 5.88. The fraction of sp³-hybridized carbons (Fsp3) is 0.0909. The van der Waals surface area contributed by atoms with Crippen molar-refractivity contribution in [1.29, 1.82) is 5.26 Å². The van der Waals surface area contributed by atoms with Crippen molar-refractivity contribution in [3.05, 3.63) is 34.3 Å². The Kier molecular flexibility index (Phi) is 2.22. The Morgan fingerprint density at radius 1 is 1.47 bits per heavy atom. The predicted molar refractivity (Wildman–Crippen MR) is 60.6 cm³/mol. The molecule has 74 valence electrons. The Bertz CT molecular complexity index is 584. The molecule has 0 aliphatic heterocycles. The van der Waals surface area contributed by atoms with Crippen molar-refractivity contribution < 1.29 is 0 Å². The number of pyridine rings is 1. The summed E-state index contributed by atoms with van der Waals surface area (Å²) in [5.41, 5.74) is 7.67. The Hall–Kier alpha value is -1.79. The van der Waals surface area contributed by atoms with Crippen molar-refractivity contribution in [1.82, 2.24) is 4.98 Å². The van der Waals surface area contributed by atoms with Crippen molar-refractivity contribution in [2.24, 2.45) is 0 Å². The maximum absolute atomic E-state index is 8.93. The van der Waals surface area contributed by atoms with Gasteiger partial charge in [0, 0.05) is 10.4 Å². The molecule has 0 aliphatic rings. The average Bonchev–Trinajstić information content (AvgIpc) is 2.20. The van der Waals surface area contributed by atoms with Gasteiger partial charge < -0.3 is 5.73 Å². The predicted octanol–water partition coefficient (Wildman–Crippen LogP) is 2.65. The van der Waals surface area contributed by atoms with Gasteiger partial charge in [-0.15, -0.1) is 0 Å². The molecule has 0 saturated carbocycles. The highest BCUT2D eigenvalue weighted by Crippen LogP contribution is 2.26. The van der Waals surface area contributed by atoms with Gasteiger partial charge in [-0.25, -0.2) is 4.98 Å². The van der Waals surface area contributed by atoms with Crippen LogP contribution >= 0.6 is 11.6 Å². The van der Waals surface area contributed by atoms with Crippen LogP contribution in [0.2, 0.25) is 5.02 Å². The van der Waals surface area contributed by atoms with Crippen LogP contribution in [0.25, 0.3) is 10.9 Å². The number of nitriles is 1. The topological polar surface area (TPSA) is 62.7 Å². The maximum atomic E-state index is 8.93. The van der Waals surface area contributed by atoms with Gasteiger partial charge in [-0.05, 0) is 30.7 Å². The molecule has 0 fully saturated rings. The summed E-state index contributed by atoms with van der Waals surface area (Å²) in [6.45, 7) is 1.84. The largest absolute Gasteiger partial charge is 0.383 e. The van der Waals surface area contributed by atoms with E-state index in [0.717, 1.165) is 16.5 Å². The third kappa shape index (κ3) is 1.49.